The van der Waals surface area contributed by atoms with E-state index in [-0.39, 0.29) is 41.3 Å². The number of anilines is 1. The summed E-state index contributed by atoms with van der Waals surface area (Å²) in [6.07, 6.45) is 0.628. The summed E-state index contributed by atoms with van der Waals surface area (Å²) in [6.45, 7) is -0.413. The van der Waals surface area contributed by atoms with Gasteiger partial charge < -0.3 is 9.47 Å². The Kier molecular flexibility index (Phi) is 4.74. The van der Waals surface area contributed by atoms with Crippen LogP contribution in [-0.2, 0) is 27.9 Å². The molecule has 0 aliphatic carbocycles. The van der Waals surface area contributed by atoms with Gasteiger partial charge in [0, 0.05) is 22.7 Å². The van der Waals surface area contributed by atoms with E-state index < -0.39 is 32.6 Å². The second-order valence-corrected chi connectivity index (χ2v) is 7.98. The number of sulfonamides is 1. The van der Waals surface area contributed by atoms with E-state index in [9.17, 15) is 22.0 Å². The number of aromatic nitrogens is 2. The molecule has 0 spiro atoms. The number of primary sulfonamides is 1. The van der Waals surface area contributed by atoms with Crippen LogP contribution in [0.2, 0.25) is 0 Å². The number of amides is 1. The molecule has 2 aromatic heterocycles. The molecule has 0 atom stereocenters. The molecule has 1 aliphatic heterocycles. The van der Waals surface area contributed by atoms with Gasteiger partial charge in [0.25, 0.3) is 5.88 Å². The molecule has 9 nitrogen and oxygen atoms in total. The molecular weight excluding hydrogens is 422 g/mol. The number of methoxy groups -OCH3 is 1. The summed E-state index contributed by atoms with van der Waals surface area (Å²) in [6, 6.07) is 4.21. The van der Waals surface area contributed by atoms with Crippen LogP contribution < -0.4 is 14.8 Å². The Morgan fingerprint density at radius 1 is 1.27 bits per heavy atom. The van der Waals surface area contributed by atoms with Gasteiger partial charge in [0.05, 0.1) is 24.2 Å². The molecule has 30 heavy (non-hydrogen) atoms. The largest absolute Gasteiger partial charge is 0.479 e. The molecule has 0 bridgehead atoms. The van der Waals surface area contributed by atoms with E-state index >= 15 is 0 Å². The van der Waals surface area contributed by atoms with E-state index in [4.69, 9.17) is 14.6 Å². The lowest BCUT2D eigenvalue weighted by molar-refractivity contribution is 0.141. The highest BCUT2D eigenvalue weighted by atomic mass is 32.2. The molecule has 1 aromatic carbocycles. The SMILES string of the molecule is COc1nc2ncc3c(c2cc1F)N(Cc1ccc(S(N)(=O)=O)cc1F)C(=O)OC3. The predicted molar refractivity (Wildman–Crippen MR) is 100 cm³/mol. The zero-order valence-corrected chi connectivity index (χ0v) is 16.2. The van der Waals surface area contributed by atoms with Crippen LogP contribution in [0.3, 0.4) is 0 Å². The maximum absolute atomic E-state index is 14.5. The van der Waals surface area contributed by atoms with Crippen molar-refractivity contribution < 1.29 is 31.5 Å². The van der Waals surface area contributed by atoms with Crippen molar-refractivity contribution in [3.63, 3.8) is 0 Å². The van der Waals surface area contributed by atoms with Gasteiger partial charge in [-0.3, -0.25) is 4.90 Å². The van der Waals surface area contributed by atoms with E-state index in [0.717, 1.165) is 23.1 Å². The number of ether oxygens (including phenoxy) is 2. The van der Waals surface area contributed by atoms with Gasteiger partial charge in [-0.05, 0) is 18.2 Å². The summed E-state index contributed by atoms with van der Waals surface area (Å²) < 4.78 is 61.6. The van der Waals surface area contributed by atoms with Crippen LogP contribution >= 0.6 is 0 Å². The minimum Gasteiger partial charge on any atom is -0.479 e. The fourth-order valence-electron chi connectivity index (χ4n) is 3.13. The first kappa shape index (κ1) is 19.9. The minimum absolute atomic E-state index is 0.000829. The number of nitrogens with two attached hydrogens (primary N) is 1. The van der Waals surface area contributed by atoms with Crippen molar-refractivity contribution in [1.29, 1.82) is 0 Å². The third-order valence-corrected chi connectivity index (χ3v) is 5.45. The summed E-state index contributed by atoms with van der Waals surface area (Å²) in [5, 5.41) is 5.22. The van der Waals surface area contributed by atoms with Crippen molar-refractivity contribution in [2.45, 2.75) is 18.0 Å². The van der Waals surface area contributed by atoms with Gasteiger partial charge in [0.1, 0.15) is 12.4 Å². The van der Waals surface area contributed by atoms with E-state index in [1.807, 2.05) is 0 Å². The molecule has 3 heterocycles. The van der Waals surface area contributed by atoms with E-state index in [1.165, 1.54) is 19.4 Å². The fourth-order valence-corrected chi connectivity index (χ4v) is 3.66. The first-order valence-corrected chi connectivity index (χ1v) is 10.0. The summed E-state index contributed by atoms with van der Waals surface area (Å²) >= 11 is 0. The van der Waals surface area contributed by atoms with Crippen molar-refractivity contribution in [3.05, 3.63) is 53.2 Å². The standard InChI is InChI=1S/C18H14F2N4O5S/c1-28-17-14(20)5-12-15-10(6-22-16(12)23-17)8-29-18(25)24(15)7-9-2-3-11(4-13(9)19)30(21,26)27/h2-6H,7-8H2,1H3,(H2,21,26,27). The zero-order chi connectivity index (χ0) is 21.6. The zero-order valence-electron chi connectivity index (χ0n) is 15.4. The Morgan fingerprint density at radius 3 is 2.70 bits per heavy atom. The average molecular weight is 436 g/mol. The number of rotatable bonds is 4. The van der Waals surface area contributed by atoms with Crippen LogP contribution in [0.1, 0.15) is 11.1 Å². The number of hydrogen-bond acceptors (Lipinski definition) is 7. The number of hydrogen-bond donors (Lipinski definition) is 1. The number of cyclic esters (lactones) is 1. The number of pyridine rings is 2. The molecule has 156 valence electrons. The van der Waals surface area contributed by atoms with Gasteiger partial charge in [0.2, 0.25) is 10.0 Å². The van der Waals surface area contributed by atoms with Crippen molar-refractivity contribution in [2.75, 3.05) is 12.0 Å². The Bertz CT molecular complexity index is 1300. The number of fused-ring (bicyclic) bond motifs is 3. The molecule has 0 unspecified atom stereocenters. The predicted octanol–water partition coefficient (Wildman–Crippen LogP) is 2.22. The lowest BCUT2D eigenvalue weighted by atomic mass is 10.1. The maximum Gasteiger partial charge on any atom is 0.414 e. The van der Waals surface area contributed by atoms with Crippen LogP contribution in [0.4, 0.5) is 19.3 Å². The molecular formula is C18H14F2N4O5S. The number of benzene rings is 1. The molecule has 0 saturated heterocycles. The minimum atomic E-state index is -4.09. The molecule has 0 radical (unpaired) electrons. The van der Waals surface area contributed by atoms with Gasteiger partial charge in [0.15, 0.2) is 11.5 Å². The Hall–Kier alpha value is -3.38. The highest BCUT2D eigenvalue weighted by molar-refractivity contribution is 7.89. The van der Waals surface area contributed by atoms with Crippen molar-refractivity contribution in [1.82, 2.24) is 9.97 Å². The van der Waals surface area contributed by atoms with E-state index in [1.54, 1.807) is 0 Å². The van der Waals surface area contributed by atoms with E-state index in [0.29, 0.717) is 5.56 Å². The first-order valence-electron chi connectivity index (χ1n) is 8.46. The fraction of sp³-hybridized carbons (Fsp3) is 0.167. The van der Waals surface area contributed by atoms with Crippen molar-refractivity contribution >= 4 is 32.8 Å². The molecule has 2 N–H and O–H groups in total. The van der Waals surface area contributed by atoms with Crippen LogP contribution in [0.5, 0.6) is 5.88 Å². The highest BCUT2D eigenvalue weighted by Gasteiger charge is 2.30. The highest BCUT2D eigenvalue weighted by Crippen LogP contribution is 2.36. The van der Waals surface area contributed by atoms with Gasteiger partial charge in [-0.15, -0.1) is 0 Å². The lowest BCUT2D eigenvalue weighted by Gasteiger charge is -2.30. The van der Waals surface area contributed by atoms with Gasteiger partial charge in [-0.2, -0.15) is 4.98 Å². The quantitative estimate of drug-likeness (QED) is 0.665. The normalized spacial score (nSPS) is 13.9. The monoisotopic (exact) mass is 436 g/mol. The third kappa shape index (κ3) is 3.39. The molecule has 0 fully saturated rings. The molecule has 1 amide bonds. The lowest BCUT2D eigenvalue weighted by Crippen LogP contribution is -2.36. The van der Waals surface area contributed by atoms with Crippen LogP contribution in [0.15, 0.2) is 35.4 Å². The third-order valence-electron chi connectivity index (χ3n) is 4.54. The summed E-state index contributed by atoms with van der Waals surface area (Å²) in [5.41, 5.74) is 0.853. The first-order chi connectivity index (χ1) is 14.2. The van der Waals surface area contributed by atoms with Gasteiger partial charge in [-0.25, -0.2) is 32.1 Å². The Morgan fingerprint density at radius 2 is 2.03 bits per heavy atom. The summed E-state index contributed by atoms with van der Waals surface area (Å²) in [7, 11) is -2.83. The van der Waals surface area contributed by atoms with Crippen LogP contribution in [0, 0.1) is 11.6 Å². The van der Waals surface area contributed by atoms with E-state index in [2.05, 4.69) is 9.97 Å². The molecule has 4 rings (SSSR count). The molecule has 1 aliphatic rings. The Balaban J connectivity index is 1.83. The average Bonchev–Trinajstić information content (AvgIpc) is 2.69. The summed E-state index contributed by atoms with van der Waals surface area (Å²) in [4.78, 5) is 21.3. The number of halogens is 2. The second-order valence-electron chi connectivity index (χ2n) is 6.42. The smallest absolute Gasteiger partial charge is 0.414 e. The summed E-state index contributed by atoms with van der Waals surface area (Å²) in [5.74, 6) is -1.90. The maximum atomic E-state index is 14.5. The van der Waals surface area contributed by atoms with Crippen molar-refractivity contribution in [2.24, 2.45) is 5.14 Å². The van der Waals surface area contributed by atoms with Crippen LogP contribution in [0.25, 0.3) is 11.0 Å². The van der Waals surface area contributed by atoms with Crippen LogP contribution in [-0.4, -0.2) is 31.6 Å². The van der Waals surface area contributed by atoms with Crippen molar-refractivity contribution in [3.8, 4) is 5.88 Å². The molecule has 12 heteroatoms. The Labute approximate surface area is 169 Å². The number of carbonyl (C=O) groups excluding carboxylic acids is 1. The second kappa shape index (κ2) is 7.15. The topological polar surface area (TPSA) is 125 Å². The molecule has 0 saturated carbocycles. The molecule has 3 aromatic rings. The van der Waals surface area contributed by atoms with Gasteiger partial charge >= 0.3 is 6.09 Å². The number of nitrogens with zero attached hydrogens (tertiary/aromatic N) is 3. The van der Waals surface area contributed by atoms with Gasteiger partial charge in [-0.1, -0.05) is 6.07 Å². The number of carbonyl (C=O) groups is 1.